The van der Waals surface area contributed by atoms with Crippen LogP contribution in [0.4, 0.5) is 4.39 Å². The Balaban J connectivity index is 2.37. The Labute approximate surface area is 136 Å². The van der Waals surface area contributed by atoms with Gasteiger partial charge in [-0.2, -0.15) is 0 Å². The summed E-state index contributed by atoms with van der Waals surface area (Å²) >= 11 is 15.6. The molecule has 0 fully saturated rings. The lowest BCUT2D eigenvalue weighted by molar-refractivity contribution is 0.531. The normalized spacial score (nSPS) is 12.4. The fourth-order valence-corrected chi connectivity index (χ4v) is 3.13. The zero-order valence-corrected chi connectivity index (χ0v) is 13.9. The van der Waals surface area contributed by atoms with E-state index in [1.807, 2.05) is 18.2 Å². The van der Waals surface area contributed by atoms with Crippen molar-refractivity contribution < 1.29 is 4.39 Å². The van der Waals surface area contributed by atoms with Gasteiger partial charge in [0, 0.05) is 16.1 Å². The molecule has 106 valence electrons. The predicted octanol–water partition coefficient (Wildman–Crippen LogP) is 5.40. The Morgan fingerprint density at radius 1 is 1.20 bits per heavy atom. The fourth-order valence-electron chi connectivity index (χ4n) is 2.12. The van der Waals surface area contributed by atoms with Crippen molar-refractivity contribution in [1.82, 2.24) is 5.32 Å². The summed E-state index contributed by atoms with van der Waals surface area (Å²) in [4.78, 5) is 0. The van der Waals surface area contributed by atoms with E-state index in [4.69, 9.17) is 23.2 Å². The van der Waals surface area contributed by atoms with Crippen LogP contribution in [0.1, 0.15) is 17.2 Å². The molecule has 0 radical (unpaired) electrons. The smallest absolute Gasteiger partial charge is 0.129 e. The van der Waals surface area contributed by atoms with E-state index in [0.29, 0.717) is 22.0 Å². The lowest BCUT2D eigenvalue weighted by Gasteiger charge is -2.20. The van der Waals surface area contributed by atoms with E-state index in [1.54, 1.807) is 19.2 Å². The number of rotatable bonds is 4. The molecular weight excluding hydrogens is 364 g/mol. The van der Waals surface area contributed by atoms with Crippen LogP contribution >= 0.6 is 39.1 Å². The van der Waals surface area contributed by atoms with Crippen molar-refractivity contribution in [2.75, 3.05) is 7.05 Å². The van der Waals surface area contributed by atoms with Gasteiger partial charge in [-0.3, -0.25) is 0 Å². The van der Waals surface area contributed by atoms with Crippen LogP contribution in [-0.4, -0.2) is 7.05 Å². The van der Waals surface area contributed by atoms with Crippen molar-refractivity contribution >= 4 is 39.1 Å². The van der Waals surface area contributed by atoms with Gasteiger partial charge < -0.3 is 5.32 Å². The van der Waals surface area contributed by atoms with Crippen molar-refractivity contribution in [2.45, 2.75) is 12.5 Å². The third-order valence-corrected chi connectivity index (χ3v) is 4.70. The zero-order chi connectivity index (χ0) is 14.7. The monoisotopic (exact) mass is 375 g/mol. The van der Waals surface area contributed by atoms with E-state index < -0.39 is 0 Å². The summed E-state index contributed by atoms with van der Waals surface area (Å²) in [6.45, 7) is 0. The molecule has 0 saturated carbocycles. The van der Waals surface area contributed by atoms with E-state index in [2.05, 4.69) is 21.2 Å². The van der Waals surface area contributed by atoms with Crippen molar-refractivity contribution in [3.63, 3.8) is 0 Å². The SMILES string of the molecule is CNC(Cc1cccc(Cl)c1Cl)c1c(F)cccc1Br. The topological polar surface area (TPSA) is 12.0 Å². The van der Waals surface area contributed by atoms with Gasteiger partial charge in [0.25, 0.3) is 0 Å². The summed E-state index contributed by atoms with van der Waals surface area (Å²) in [5.74, 6) is -0.253. The molecule has 0 aliphatic heterocycles. The summed E-state index contributed by atoms with van der Waals surface area (Å²) in [5, 5.41) is 4.15. The number of likely N-dealkylation sites (N-methyl/N-ethyl adjacent to an activating group) is 1. The van der Waals surface area contributed by atoms with Crippen LogP contribution in [-0.2, 0) is 6.42 Å². The molecule has 0 heterocycles. The molecule has 0 saturated heterocycles. The van der Waals surface area contributed by atoms with Gasteiger partial charge in [0.2, 0.25) is 0 Å². The highest BCUT2D eigenvalue weighted by atomic mass is 79.9. The Kier molecular flexibility index (Phi) is 5.44. The Morgan fingerprint density at radius 2 is 1.90 bits per heavy atom. The van der Waals surface area contributed by atoms with Gasteiger partial charge in [-0.25, -0.2) is 4.39 Å². The first kappa shape index (κ1) is 15.8. The molecule has 1 unspecified atom stereocenters. The van der Waals surface area contributed by atoms with Crippen molar-refractivity contribution in [3.8, 4) is 0 Å². The van der Waals surface area contributed by atoms with Crippen LogP contribution < -0.4 is 5.32 Å². The molecule has 2 aromatic carbocycles. The molecular formula is C15H13BrCl2FN. The molecule has 2 rings (SSSR count). The lowest BCUT2D eigenvalue weighted by Crippen LogP contribution is -2.20. The summed E-state index contributed by atoms with van der Waals surface area (Å²) < 4.78 is 14.8. The molecule has 0 aliphatic carbocycles. The minimum absolute atomic E-state index is 0.193. The second kappa shape index (κ2) is 6.90. The highest BCUT2D eigenvalue weighted by molar-refractivity contribution is 9.10. The molecule has 0 amide bonds. The minimum Gasteiger partial charge on any atom is -0.313 e. The maximum Gasteiger partial charge on any atom is 0.129 e. The van der Waals surface area contributed by atoms with E-state index in [-0.39, 0.29) is 11.9 Å². The second-order valence-electron chi connectivity index (χ2n) is 4.39. The summed E-state index contributed by atoms with van der Waals surface area (Å²) in [5.41, 5.74) is 1.47. The highest BCUT2D eigenvalue weighted by Gasteiger charge is 2.19. The van der Waals surface area contributed by atoms with Gasteiger partial charge in [0.05, 0.1) is 10.0 Å². The van der Waals surface area contributed by atoms with Crippen molar-refractivity contribution in [3.05, 3.63) is 67.9 Å². The molecule has 20 heavy (non-hydrogen) atoms. The molecule has 1 N–H and O–H groups in total. The molecule has 0 aromatic heterocycles. The summed E-state index contributed by atoms with van der Waals surface area (Å²) in [7, 11) is 1.79. The van der Waals surface area contributed by atoms with Crippen LogP contribution in [0.15, 0.2) is 40.9 Å². The summed E-state index contributed by atoms with van der Waals surface area (Å²) in [6, 6.07) is 10.2. The standard InChI is InChI=1S/C15H13BrCl2FN/c1-20-13(14-10(16)5-3-7-12(14)19)8-9-4-2-6-11(17)15(9)18/h2-7,13,20H,8H2,1H3. The van der Waals surface area contributed by atoms with E-state index in [0.717, 1.165) is 10.0 Å². The van der Waals surface area contributed by atoms with Gasteiger partial charge >= 0.3 is 0 Å². The Bertz CT molecular complexity index is 599. The quantitative estimate of drug-likeness (QED) is 0.753. The van der Waals surface area contributed by atoms with Crippen molar-refractivity contribution in [1.29, 1.82) is 0 Å². The molecule has 0 aliphatic rings. The Morgan fingerprint density at radius 3 is 2.55 bits per heavy atom. The average molecular weight is 377 g/mol. The highest BCUT2D eigenvalue weighted by Crippen LogP contribution is 2.32. The van der Waals surface area contributed by atoms with Crippen LogP contribution in [0.2, 0.25) is 10.0 Å². The molecule has 5 heteroatoms. The number of halogens is 4. The van der Waals surface area contributed by atoms with Crippen LogP contribution in [0, 0.1) is 5.82 Å². The molecule has 0 bridgehead atoms. The van der Waals surface area contributed by atoms with Crippen LogP contribution in [0.3, 0.4) is 0 Å². The first-order valence-corrected chi connectivity index (χ1v) is 7.63. The van der Waals surface area contributed by atoms with E-state index in [9.17, 15) is 4.39 Å². The van der Waals surface area contributed by atoms with Crippen molar-refractivity contribution in [2.24, 2.45) is 0 Å². The number of nitrogens with one attached hydrogen (secondary N) is 1. The van der Waals surface area contributed by atoms with Crippen LogP contribution in [0.5, 0.6) is 0 Å². The van der Waals surface area contributed by atoms with Gasteiger partial charge in [0.1, 0.15) is 5.82 Å². The van der Waals surface area contributed by atoms with Gasteiger partial charge in [-0.15, -0.1) is 0 Å². The van der Waals surface area contributed by atoms with Gasteiger partial charge in [-0.1, -0.05) is 57.3 Å². The molecule has 2 aromatic rings. The lowest BCUT2D eigenvalue weighted by atomic mass is 9.98. The number of hydrogen-bond donors (Lipinski definition) is 1. The summed E-state index contributed by atoms with van der Waals surface area (Å²) in [6.07, 6.45) is 0.551. The van der Waals surface area contributed by atoms with Crippen LogP contribution in [0.25, 0.3) is 0 Å². The minimum atomic E-state index is -0.253. The maximum absolute atomic E-state index is 14.0. The molecule has 1 nitrogen and oxygen atoms in total. The first-order chi connectivity index (χ1) is 9.54. The van der Waals surface area contributed by atoms with E-state index >= 15 is 0 Å². The van der Waals surface area contributed by atoms with Gasteiger partial charge in [-0.05, 0) is 37.2 Å². The number of hydrogen-bond acceptors (Lipinski definition) is 1. The molecule has 1 atom stereocenters. The number of benzene rings is 2. The predicted molar refractivity (Wildman–Crippen MR) is 86.1 cm³/mol. The first-order valence-electron chi connectivity index (χ1n) is 6.08. The Hall–Kier alpha value is -0.610. The van der Waals surface area contributed by atoms with E-state index in [1.165, 1.54) is 6.07 Å². The second-order valence-corrected chi connectivity index (χ2v) is 6.03. The largest absolute Gasteiger partial charge is 0.313 e. The molecule has 0 spiro atoms. The maximum atomic E-state index is 14.0. The fraction of sp³-hybridized carbons (Fsp3) is 0.200. The zero-order valence-electron chi connectivity index (χ0n) is 10.8. The average Bonchev–Trinajstić information content (AvgIpc) is 2.42. The van der Waals surface area contributed by atoms with Gasteiger partial charge in [0.15, 0.2) is 0 Å². The third-order valence-electron chi connectivity index (χ3n) is 3.15. The third kappa shape index (κ3) is 3.34.